The molecule has 112 valence electrons. The van der Waals surface area contributed by atoms with E-state index in [1.807, 2.05) is 0 Å². The maximum Gasteiger partial charge on any atom is 0.0369 e. The van der Waals surface area contributed by atoms with Crippen molar-refractivity contribution in [2.75, 3.05) is 18.0 Å². The summed E-state index contributed by atoms with van der Waals surface area (Å²) in [5, 5.41) is 0. The first-order chi connectivity index (χ1) is 9.47. The fraction of sp³-hybridized carbons (Fsp3) is 0.684. The highest BCUT2D eigenvalue weighted by atomic mass is 15.1. The minimum atomic E-state index is 0.626. The number of rotatable bonds is 4. The second-order valence-corrected chi connectivity index (χ2v) is 7.26. The highest BCUT2D eigenvalue weighted by Gasteiger charge is 2.20. The first kappa shape index (κ1) is 15.4. The van der Waals surface area contributed by atoms with Gasteiger partial charge in [-0.2, -0.15) is 0 Å². The van der Waals surface area contributed by atoms with E-state index in [0.29, 0.717) is 5.92 Å². The van der Waals surface area contributed by atoms with Crippen molar-refractivity contribution < 1.29 is 0 Å². The van der Waals surface area contributed by atoms with Gasteiger partial charge in [0, 0.05) is 18.8 Å². The second kappa shape index (κ2) is 6.65. The van der Waals surface area contributed by atoms with Crippen LogP contribution in [0.1, 0.15) is 64.0 Å². The summed E-state index contributed by atoms with van der Waals surface area (Å²) in [5.41, 5.74) is 4.36. The van der Waals surface area contributed by atoms with Crippen LogP contribution in [-0.4, -0.2) is 13.1 Å². The number of hydrogen-bond acceptors (Lipinski definition) is 1. The first-order valence-electron chi connectivity index (χ1n) is 8.33. The van der Waals surface area contributed by atoms with Gasteiger partial charge < -0.3 is 4.90 Å². The molecular formula is C19H31N. The third-order valence-corrected chi connectivity index (χ3v) is 4.66. The molecule has 1 aliphatic heterocycles. The number of nitrogens with zero attached hydrogens (tertiary/aromatic N) is 1. The van der Waals surface area contributed by atoms with Crippen LogP contribution in [0.25, 0.3) is 0 Å². The summed E-state index contributed by atoms with van der Waals surface area (Å²) in [6, 6.07) is 7.04. The minimum Gasteiger partial charge on any atom is -0.372 e. The third kappa shape index (κ3) is 3.77. The molecule has 0 atom stereocenters. The van der Waals surface area contributed by atoms with E-state index in [2.05, 4.69) is 57.7 Å². The van der Waals surface area contributed by atoms with Crippen molar-refractivity contribution in [2.24, 2.45) is 11.8 Å². The number of aryl methyl sites for hydroxylation is 1. The molecule has 0 amide bonds. The fourth-order valence-corrected chi connectivity index (χ4v) is 3.60. The van der Waals surface area contributed by atoms with Crippen LogP contribution in [0.3, 0.4) is 0 Å². The Morgan fingerprint density at radius 1 is 1.10 bits per heavy atom. The maximum atomic E-state index is 2.58. The smallest absolute Gasteiger partial charge is 0.0369 e. The van der Waals surface area contributed by atoms with Gasteiger partial charge in [-0.25, -0.2) is 0 Å². The minimum absolute atomic E-state index is 0.626. The largest absolute Gasteiger partial charge is 0.372 e. The van der Waals surface area contributed by atoms with E-state index < -0.39 is 0 Å². The van der Waals surface area contributed by atoms with Crippen LogP contribution in [0.2, 0.25) is 0 Å². The molecule has 1 fully saturated rings. The van der Waals surface area contributed by atoms with Gasteiger partial charge >= 0.3 is 0 Å². The average Bonchev–Trinajstić information content (AvgIpc) is 2.38. The Hall–Kier alpha value is -0.980. The summed E-state index contributed by atoms with van der Waals surface area (Å²) in [5.74, 6) is 2.42. The molecule has 0 N–H and O–H groups in total. The van der Waals surface area contributed by atoms with Crippen LogP contribution in [0.5, 0.6) is 0 Å². The molecule has 1 aliphatic rings. The van der Waals surface area contributed by atoms with Crippen molar-refractivity contribution in [3.8, 4) is 0 Å². The van der Waals surface area contributed by atoms with Gasteiger partial charge in [0.2, 0.25) is 0 Å². The molecule has 0 aromatic heterocycles. The Bertz CT molecular complexity index is 425. The number of piperidine rings is 1. The van der Waals surface area contributed by atoms with Crippen molar-refractivity contribution in [2.45, 2.75) is 59.8 Å². The molecule has 1 heterocycles. The zero-order valence-electron chi connectivity index (χ0n) is 13.9. The lowest BCUT2D eigenvalue weighted by Crippen LogP contribution is -2.34. The van der Waals surface area contributed by atoms with E-state index >= 15 is 0 Å². The summed E-state index contributed by atoms with van der Waals surface area (Å²) in [7, 11) is 0. The predicted octanol–water partition coefficient (Wildman–Crippen LogP) is 5.38. The van der Waals surface area contributed by atoms with E-state index in [-0.39, 0.29) is 0 Å². The standard InChI is InChI=1S/C19H31N/c1-14(2)12-17-8-10-20(11-9-17)18-6-7-19(15(3)4)16(5)13-18/h6-7,13-15,17H,8-12H2,1-5H3. The molecule has 1 nitrogen and oxygen atoms in total. The first-order valence-corrected chi connectivity index (χ1v) is 8.33. The molecule has 1 saturated heterocycles. The van der Waals surface area contributed by atoms with Crippen molar-refractivity contribution in [1.82, 2.24) is 0 Å². The number of benzene rings is 1. The molecule has 1 heteroatoms. The molecule has 0 spiro atoms. The third-order valence-electron chi connectivity index (χ3n) is 4.66. The monoisotopic (exact) mass is 273 g/mol. The highest BCUT2D eigenvalue weighted by Crippen LogP contribution is 2.29. The van der Waals surface area contributed by atoms with Crippen LogP contribution >= 0.6 is 0 Å². The molecule has 1 aromatic carbocycles. The quantitative estimate of drug-likeness (QED) is 0.711. The summed E-state index contributed by atoms with van der Waals surface area (Å²) in [6.45, 7) is 14.0. The number of anilines is 1. The van der Waals surface area contributed by atoms with Crippen molar-refractivity contribution in [1.29, 1.82) is 0 Å². The fourth-order valence-electron chi connectivity index (χ4n) is 3.60. The lowest BCUT2D eigenvalue weighted by Gasteiger charge is -2.34. The van der Waals surface area contributed by atoms with Crippen LogP contribution in [0, 0.1) is 18.8 Å². The molecule has 2 rings (SSSR count). The van der Waals surface area contributed by atoms with Gasteiger partial charge in [-0.15, -0.1) is 0 Å². The van der Waals surface area contributed by atoms with E-state index in [1.54, 1.807) is 0 Å². The predicted molar refractivity (Wildman–Crippen MR) is 89.7 cm³/mol. The van der Waals surface area contributed by atoms with Crippen LogP contribution in [0.4, 0.5) is 5.69 Å². The molecule has 0 radical (unpaired) electrons. The topological polar surface area (TPSA) is 3.24 Å². The summed E-state index contributed by atoms with van der Waals surface area (Å²) in [4.78, 5) is 2.58. The van der Waals surface area contributed by atoms with Gasteiger partial charge in [0.05, 0.1) is 0 Å². The van der Waals surface area contributed by atoms with Gasteiger partial charge in [0.25, 0.3) is 0 Å². The van der Waals surface area contributed by atoms with E-state index in [0.717, 1.165) is 11.8 Å². The molecule has 0 unspecified atom stereocenters. The van der Waals surface area contributed by atoms with Crippen molar-refractivity contribution in [3.05, 3.63) is 29.3 Å². The molecule has 20 heavy (non-hydrogen) atoms. The maximum absolute atomic E-state index is 2.58. The van der Waals surface area contributed by atoms with Gasteiger partial charge in [-0.3, -0.25) is 0 Å². The summed E-state index contributed by atoms with van der Waals surface area (Å²) < 4.78 is 0. The van der Waals surface area contributed by atoms with Crippen LogP contribution < -0.4 is 4.90 Å². The lowest BCUT2D eigenvalue weighted by atomic mass is 9.88. The molecular weight excluding hydrogens is 242 g/mol. The highest BCUT2D eigenvalue weighted by molar-refractivity contribution is 5.51. The average molecular weight is 273 g/mol. The zero-order valence-corrected chi connectivity index (χ0v) is 13.9. The molecule has 0 aliphatic carbocycles. The van der Waals surface area contributed by atoms with E-state index in [9.17, 15) is 0 Å². The van der Waals surface area contributed by atoms with Crippen molar-refractivity contribution >= 4 is 5.69 Å². The number of hydrogen-bond donors (Lipinski definition) is 0. The normalized spacial score (nSPS) is 17.2. The molecule has 0 bridgehead atoms. The Morgan fingerprint density at radius 3 is 2.25 bits per heavy atom. The Balaban J connectivity index is 1.98. The molecule has 0 saturated carbocycles. The molecule has 1 aromatic rings. The van der Waals surface area contributed by atoms with Crippen molar-refractivity contribution in [3.63, 3.8) is 0 Å². The van der Waals surface area contributed by atoms with Gasteiger partial charge in [0.1, 0.15) is 0 Å². The van der Waals surface area contributed by atoms with Gasteiger partial charge in [-0.05, 0) is 67.2 Å². The SMILES string of the molecule is Cc1cc(N2CCC(CC(C)C)CC2)ccc1C(C)C. The Kier molecular flexibility index (Phi) is 5.12. The Morgan fingerprint density at radius 2 is 1.75 bits per heavy atom. The van der Waals surface area contributed by atoms with E-state index in [1.165, 1.54) is 49.2 Å². The zero-order chi connectivity index (χ0) is 14.7. The van der Waals surface area contributed by atoms with Gasteiger partial charge in [-0.1, -0.05) is 33.8 Å². The van der Waals surface area contributed by atoms with Gasteiger partial charge in [0.15, 0.2) is 0 Å². The lowest BCUT2D eigenvalue weighted by molar-refractivity contribution is 0.338. The summed E-state index contributed by atoms with van der Waals surface area (Å²) >= 11 is 0. The van der Waals surface area contributed by atoms with Crippen LogP contribution in [-0.2, 0) is 0 Å². The van der Waals surface area contributed by atoms with Crippen LogP contribution in [0.15, 0.2) is 18.2 Å². The van der Waals surface area contributed by atoms with E-state index in [4.69, 9.17) is 0 Å². The summed E-state index contributed by atoms with van der Waals surface area (Å²) in [6.07, 6.45) is 4.13. The second-order valence-electron chi connectivity index (χ2n) is 7.26. The Labute approximate surface area is 125 Å².